The third kappa shape index (κ3) is 2.90. The van der Waals surface area contributed by atoms with Gasteiger partial charge in [-0.15, -0.1) is 0 Å². The van der Waals surface area contributed by atoms with Crippen LogP contribution in [0, 0.1) is 17.3 Å². The van der Waals surface area contributed by atoms with E-state index in [1.807, 2.05) is 6.07 Å². The molecule has 0 saturated heterocycles. The first-order valence-electron chi connectivity index (χ1n) is 10.2. The fraction of sp³-hybridized carbons (Fsp3) is 0.609. The molecule has 0 heterocycles. The maximum Gasteiger partial charge on any atom is 0.311 e. The fourth-order valence-electron chi connectivity index (χ4n) is 5.49. The largest absolute Gasteiger partial charge is 0.427 e. The number of carbonyl (C=O) groups excluding carboxylic acids is 1. The van der Waals surface area contributed by atoms with Crippen molar-refractivity contribution in [2.24, 2.45) is 17.3 Å². The van der Waals surface area contributed by atoms with Crippen LogP contribution in [0.15, 0.2) is 24.3 Å². The Bertz CT molecular complexity index is 735. The van der Waals surface area contributed by atoms with E-state index in [0.717, 1.165) is 44.9 Å². The molecular formula is C23H30O3. The van der Waals surface area contributed by atoms with Crippen LogP contribution in [0.5, 0.6) is 5.75 Å². The highest BCUT2D eigenvalue weighted by atomic mass is 16.5. The molecule has 0 aromatic heterocycles. The normalized spacial score (nSPS) is 32.3. The third-order valence-electron chi connectivity index (χ3n) is 7.08. The van der Waals surface area contributed by atoms with Gasteiger partial charge in [-0.3, -0.25) is 4.79 Å². The first kappa shape index (κ1) is 17.8. The van der Waals surface area contributed by atoms with E-state index >= 15 is 0 Å². The Balaban J connectivity index is 1.56. The van der Waals surface area contributed by atoms with E-state index in [4.69, 9.17) is 4.74 Å². The van der Waals surface area contributed by atoms with Gasteiger partial charge in [0, 0.05) is 11.8 Å². The number of allylic oxidation sites excluding steroid dienone is 2. The van der Waals surface area contributed by atoms with Gasteiger partial charge < -0.3 is 9.84 Å². The molecular weight excluding hydrogens is 324 g/mol. The van der Waals surface area contributed by atoms with Gasteiger partial charge in [0.1, 0.15) is 5.75 Å². The van der Waals surface area contributed by atoms with Gasteiger partial charge in [-0.2, -0.15) is 0 Å². The quantitative estimate of drug-likeness (QED) is 0.617. The van der Waals surface area contributed by atoms with E-state index in [1.165, 1.54) is 16.7 Å². The molecule has 0 bridgehead atoms. The van der Waals surface area contributed by atoms with E-state index in [-0.39, 0.29) is 17.5 Å². The molecule has 26 heavy (non-hydrogen) atoms. The number of aliphatic hydroxyl groups excluding tert-OH is 1. The van der Waals surface area contributed by atoms with Crippen molar-refractivity contribution < 1.29 is 14.6 Å². The highest BCUT2D eigenvalue weighted by molar-refractivity contribution is 5.75. The molecule has 1 aromatic rings. The summed E-state index contributed by atoms with van der Waals surface area (Å²) in [6.45, 7) is 4.35. The average molecular weight is 354 g/mol. The number of fused-ring (bicyclic) bond motifs is 5. The Kier molecular flexibility index (Phi) is 4.68. The number of aliphatic hydroxyl groups is 1. The van der Waals surface area contributed by atoms with Gasteiger partial charge >= 0.3 is 5.97 Å². The molecule has 140 valence electrons. The number of ether oxygens (including phenoxy) is 1. The van der Waals surface area contributed by atoms with Gasteiger partial charge in [0.2, 0.25) is 0 Å². The zero-order valence-corrected chi connectivity index (χ0v) is 16.0. The maximum absolute atomic E-state index is 11.9. The Morgan fingerprint density at radius 3 is 2.96 bits per heavy atom. The van der Waals surface area contributed by atoms with Gasteiger partial charge in [0.15, 0.2) is 0 Å². The highest BCUT2D eigenvalue weighted by Crippen LogP contribution is 2.58. The number of hydrogen-bond acceptors (Lipinski definition) is 3. The van der Waals surface area contributed by atoms with Crippen LogP contribution in [0.2, 0.25) is 0 Å². The Labute approximate surface area is 156 Å². The Morgan fingerprint density at radius 2 is 2.15 bits per heavy atom. The second-order valence-electron chi connectivity index (χ2n) is 8.61. The van der Waals surface area contributed by atoms with Crippen LogP contribution >= 0.6 is 0 Å². The van der Waals surface area contributed by atoms with E-state index in [0.29, 0.717) is 24.0 Å². The lowest BCUT2D eigenvalue weighted by Gasteiger charge is -2.45. The first-order chi connectivity index (χ1) is 12.5. The van der Waals surface area contributed by atoms with Gasteiger partial charge in [-0.25, -0.2) is 0 Å². The summed E-state index contributed by atoms with van der Waals surface area (Å²) >= 11 is 0. The van der Waals surface area contributed by atoms with Crippen LogP contribution in [-0.4, -0.2) is 17.2 Å². The summed E-state index contributed by atoms with van der Waals surface area (Å²) in [5, 5.41) is 10.5. The molecule has 3 unspecified atom stereocenters. The van der Waals surface area contributed by atoms with Crippen LogP contribution in [-0.2, 0) is 11.2 Å². The van der Waals surface area contributed by atoms with Gasteiger partial charge in [-0.05, 0) is 79.2 Å². The van der Waals surface area contributed by atoms with E-state index in [1.54, 1.807) is 0 Å². The molecule has 3 aliphatic rings. The lowest BCUT2D eigenvalue weighted by atomic mass is 9.60. The van der Waals surface area contributed by atoms with E-state index < -0.39 is 0 Å². The number of carbonyl (C=O) groups is 1. The molecule has 4 atom stereocenters. The van der Waals surface area contributed by atoms with Crippen molar-refractivity contribution in [3.05, 3.63) is 35.4 Å². The summed E-state index contributed by atoms with van der Waals surface area (Å²) in [4.78, 5) is 11.9. The molecule has 1 saturated carbocycles. The smallest absolute Gasteiger partial charge is 0.311 e. The minimum atomic E-state index is -0.156. The summed E-state index contributed by atoms with van der Waals surface area (Å²) in [6.07, 6.45) is 9.81. The zero-order chi connectivity index (χ0) is 18.3. The van der Waals surface area contributed by atoms with Crippen molar-refractivity contribution in [3.63, 3.8) is 0 Å². The first-order valence-corrected chi connectivity index (χ1v) is 10.2. The summed E-state index contributed by atoms with van der Waals surface area (Å²) in [7, 11) is 0. The lowest BCUT2D eigenvalue weighted by molar-refractivity contribution is -0.134. The molecule has 1 fully saturated rings. The second kappa shape index (κ2) is 6.84. The van der Waals surface area contributed by atoms with Crippen LogP contribution in [0.4, 0.5) is 0 Å². The summed E-state index contributed by atoms with van der Waals surface area (Å²) in [6, 6.07) is 6.15. The predicted molar refractivity (Wildman–Crippen MR) is 103 cm³/mol. The van der Waals surface area contributed by atoms with Crippen molar-refractivity contribution in [1.29, 1.82) is 0 Å². The Morgan fingerprint density at radius 1 is 1.31 bits per heavy atom. The van der Waals surface area contributed by atoms with Gasteiger partial charge in [0.25, 0.3) is 0 Å². The molecule has 0 radical (unpaired) electrons. The fourth-order valence-corrected chi connectivity index (χ4v) is 5.49. The molecule has 0 aliphatic heterocycles. The lowest BCUT2D eigenvalue weighted by Crippen LogP contribution is -2.40. The van der Waals surface area contributed by atoms with Crippen molar-refractivity contribution in [1.82, 2.24) is 0 Å². The monoisotopic (exact) mass is 354 g/mol. The summed E-state index contributed by atoms with van der Waals surface area (Å²) in [5.74, 6) is 1.71. The van der Waals surface area contributed by atoms with Crippen LogP contribution in [0.25, 0.3) is 5.57 Å². The summed E-state index contributed by atoms with van der Waals surface area (Å²) in [5.41, 5.74) is 4.15. The number of aryl methyl sites for hydroxylation is 1. The maximum atomic E-state index is 11.9. The second-order valence-corrected chi connectivity index (χ2v) is 8.61. The van der Waals surface area contributed by atoms with Crippen molar-refractivity contribution >= 4 is 11.5 Å². The number of unbranched alkanes of at least 4 members (excludes halogenated alkanes) is 1. The van der Waals surface area contributed by atoms with Crippen LogP contribution in [0.1, 0.15) is 69.9 Å². The number of benzene rings is 1. The van der Waals surface area contributed by atoms with Gasteiger partial charge in [0.05, 0.1) is 6.10 Å². The minimum absolute atomic E-state index is 0.0560. The molecule has 0 amide bonds. The van der Waals surface area contributed by atoms with Crippen LogP contribution < -0.4 is 4.74 Å². The van der Waals surface area contributed by atoms with Crippen molar-refractivity contribution in [3.8, 4) is 5.75 Å². The third-order valence-corrected chi connectivity index (χ3v) is 7.08. The molecule has 4 rings (SSSR count). The highest BCUT2D eigenvalue weighted by Gasteiger charge is 2.51. The topological polar surface area (TPSA) is 46.5 Å². The zero-order valence-electron chi connectivity index (χ0n) is 16.0. The average Bonchev–Trinajstić information content (AvgIpc) is 2.94. The molecule has 1 N–H and O–H groups in total. The minimum Gasteiger partial charge on any atom is -0.427 e. The summed E-state index contributed by atoms with van der Waals surface area (Å²) < 4.78 is 5.53. The number of rotatable bonds is 4. The molecule has 0 spiro atoms. The number of esters is 1. The molecule has 1 aromatic carbocycles. The SMILES string of the molecule is CCCCC(=O)Oc1ccc2c(c1)CCC1C2=CC[C@]2(C)C(O)CCC12. The van der Waals surface area contributed by atoms with Crippen molar-refractivity contribution in [2.75, 3.05) is 0 Å². The van der Waals surface area contributed by atoms with Gasteiger partial charge in [-0.1, -0.05) is 32.4 Å². The van der Waals surface area contributed by atoms with E-state index in [9.17, 15) is 9.90 Å². The predicted octanol–water partition coefficient (Wildman–Crippen LogP) is 4.91. The van der Waals surface area contributed by atoms with Crippen molar-refractivity contribution in [2.45, 2.75) is 71.3 Å². The number of hydrogen-bond donors (Lipinski definition) is 1. The molecule has 3 nitrogen and oxygen atoms in total. The standard InChI is InChI=1S/C23H30O3/c1-3-4-5-22(25)26-16-7-9-17-15(14-16)6-8-19-18(17)12-13-23(2)20(19)10-11-21(23)24/h7,9,12,14,19-21,24H,3-6,8,10-11,13H2,1-2H3/t19?,20?,21?,23-/m0/s1. The molecule has 3 heteroatoms. The van der Waals surface area contributed by atoms with E-state index in [2.05, 4.69) is 32.1 Å². The molecule has 3 aliphatic carbocycles. The van der Waals surface area contributed by atoms with Crippen LogP contribution in [0.3, 0.4) is 0 Å². The Hall–Kier alpha value is -1.61.